The first-order valence-corrected chi connectivity index (χ1v) is 13.0. The summed E-state index contributed by atoms with van der Waals surface area (Å²) in [6.07, 6.45) is 0.806. The van der Waals surface area contributed by atoms with Crippen LogP contribution in [0.4, 0.5) is 0 Å². The van der Waals surface area contributed by atoms with Crippen molar-refractivity contribution < 1.29 is 19.1 Å². The first-order valence-electron chi connectivity index (χ1n) is 13.0. The molecule has 4 aromatic rings. The van der Waals surface area contributed by atoms with E-state index in [9.17, 15) is 9.59 Å². The maximum atomic E-state index is 13.8. The Bertz CT molecular complexity index is 1340. The number of ether oxygens (including phenoxy) is 2. The van der Waals surface area contributed by atoms with E-state index in [0.29, 0.717) is 31.0 Å². The summed E-state index contributed by atoms with van der Waals surface area (Å²) in [6, 6.07) is 33.8. The second-order valence-electron chi connectivity index (χ2n) is 9.21. The van der Waals surface area contributed by atoms with E-state index < -0.39 is 6.04 Å². The van der Waals surface area contributed by atoms with Gasteiger partial charge in [0.1, 0.15) is 6.04 Å². The molecule has 0 aliphatic rings. The molecular weight excluding hydrogens is 488 g/mol. The molecule has 1 unspecified atom stereocenters. The lowest BCUT2D eigenvalue weighted by Crippen LogP contribution is -2.44. The van der Waals surface area contributed by atoms with Crippen LogP contribution in [-0.4, -0.2) is 37.5 Å². The van der Waals surface area contributed by atoms with Crippen LogP contribution < -0.4 is 14.8 Å². The summed E-state index contributed by atoms with van der Waals surface area (Å²) in [4.78, 5) is 29.3. The lowest BCUT2D eigenvalue weighted by molar-refractivity contribution is -0.141. The third-order valence-corrected chi connectivity index (χ3v) is 6.55. The van der Waals surface area contributed by atoms with E-state index in [2.05, 4.69) is 5.32 Å². The first-order chi connectivity index (χ1) is 19.1. The minimum absolute atomic E-state index is 0.117. The van der Waals surface area contributed by atoms with Gasteiger partial charge in [-0.3, -0.25) is 9.59 Å². The van der Waals surface area contributed by atoms with E-state index >= 15 is 0 Å². The fourth-order valence-electron chi connectivity index (χ4n) is 4.55. The van der Waals surface area contributed by atoms with Crippen molar-refractivity contribution in [1.29, 1.82) is 0 Å². The molecular formula is C33H34N2O4. The van der Waals surface area contributed by atoms with Gasteiger partial charge in [0, 0.05) is 13.1 Å². The quantitative estimate of drug-likeness (QED) is 0.271. The summed E-state index contributed by atoms with van der Waals surface area (Å²) in [7, 11) is 3.20. The number of nitrogens with one attached hydrogen (secondary N) is 1. The fraction of sp³-hybridized carbons (Fsp3) is 0.212. The Kier molecular flexibility index (Phi) is 9.73. The lowest BCUT2D eigenvalue weighted by Gasteiger charge is -2.32. The fourth-order valence-corrected chi connectivity index (χ4v) is 4.55. The van der Waals surface area contributed by atoms with Crippen molar-refractivity contribution in [3.05, 3.63) is 131 Å². The predicted molar refractivity (Wildman–Crippen MR) is 153 cm³/mol. The van der Waals surface area contributed by atoms with Crippen molar-refractivity contribution >= 4 is 11.8 Å². The van der Waals surface area contributed by atoms with E-state index in [1.165, 1.54) is 0 Å². The summed E-state index contributed by atoms with van der Waals surface area (Å²) < 4.78 is 10.7. The topological polar surface area (TPSA) is 67.9 Å². The van der Waals surface area contributed by atoms with Crippen molar-refractivity contribution in [3.63, 3.8) is 0 Å². The number of hydrogen-bond acceptors (Lipinski definition) is 4. The zero-order chi connectivity index (χ0) is 27.5. The van der Waals surface area contributed by atoms with Gasteiger partial charge < -0.3 is 19.7 Å². The predicted octanol–water partition coefficient (Wildman–Crippen LogP) is 5.38. The van der Waals surface area contributed by atoms with Crippen LogP contribution in [0.25, 0.3) is 0 Å². The van der Waals surface area contributed by atoms with Gasteiger partial charge in [0.05, 0.1) is 20.6 Å². The van der Waals surface area contributed by atoms with E-state index in [4.69, 9.17) is 9.47 Å². The Labute approximate surface area is 230 Å². The Morgan fingerprint density at radius 1 is 0.718 bits per heavy atom. The van der Waals surface area contributed by atoms with Gasteiger partial charge in [0.2, 0.25) is 11.8 Å². The van der Waals surface area contributed by atoms with E-state index in [-0.39, 0.29) is 18.2 Å². The molecule has 0 radical (unpaired) electrons. The Morgan fingerprint density at radius 2 is 1.31 bits per heavy atom. The van der Waals surface area contributed by atoms with Crippen molar-refractivity contribution in [2.75, 3.05) is 20.8 Å². The number of rotatable bonds is 12. The van der Waals surface area contributed by atoms with Crippen molar-refractivity contribution in [2.45, 2.75) is 25.4 Å². The van der Waals surface area contributed by atoms with Crippen LogP contribution in [0.3, 0.4) is 0 Å². The van der Waals surface area contributed by atoms with Crippen LogP contribution in [0, 0.1) is 0 Å². The molecule has 0 aromatic heterocycles. The van der Waals surface area contributed by atoms with Crippen LogP contribution in [0.1, 0.15) is 28.3 Å². The summed E-state index contributed by atoms with van der Waals surface area (Å²) >= 11 is 0. The molecule has 39 heavy (non-hydrogen) atoms. The third-order valence-electron chi connectivity index (χ3n) is 6.55. The van der Waals surface area contributed by atoms with Crippen molar-refractivity contribution in [1.82, 2.24) is 10.2 Å². The molecule has 6 nitrogen and oxygen atoms in total. The van der Waals surface area contributed by atoms with Crippen molar-refractivity contribution in [3.8, 4) is 11.5 Å². The summed E-state index contributed by atoms with van der Waals surface area (Å²) in [5.41, 5.74) is 3.63. The number of hydrogen-bond donors (Lipinski definition) is 1. The molecule has 200 valence electrons. The Hall–Kier alpha value is -4.58. The molecule has 0 saturated heterocycles. The monoisotopic (exact) mass is 522 g/mol. The first kappa shape index (κ1) is 27.5. The van der Waals surface area contributed by atoms with E-state index in [1.54, 1.807) is 19.1 Å². The molecule has 0 aliphatic heterocycles. The highest BCUT2D eigenvalue weighted by molar-refractivity contribution is 5.89. The molecule has 1 atom stereocenters. The maximum absolute atomic E-state index is 13.8. The van der Waals surface area contributed by atoms with E-state index in [1.807, 2.05) is 109 Å². The summed E-state index contributed by atoms with van der Waals surface area (Å²) in [5, 5.41) is 3.08. The van der Waals surface area contributed by atoms with Gasteiger partial charge in [0.15, 0.2) is 11.5 Å². The second-order valence-corrected chi connectivity index (χ2v) is 9.21. The smallest absolute Gasteiger partial charge is 0.247 e. The highest BCUT2D eigenvalue weighted by atomic mass is 16.5. The largest absolute Gasteiger partial charge is 0.493 e. The van der Waals surface area contributed by atoms with Crippen LogP contribution >= 0.6 is 0 Å². The molecule has 0 saturated carbocycles. The number of amides is 2. The summed E-state index contributed by atoms with van der Waals surface area (Å²) in [5.74, 6) is 0.958. The maximum Gasteiger partial charge on any atom is 0.247 e. The third kappa shape index (κ3) is 7.48. The molecule has 0 heterocycles. The van der Waals surface area contributed by atoms with Gasteiger partial charge >= 0.3 is 0 Å². The lowest BCUT2D eigenvalue weighted by atomic mass is 10.0. The van der Waals surface area contributed by atoms with Crippen LogP contribution in [-0.2, 0) is 29.0 Å². The van der Waals surface area contributed by atoms with Crippen LogP contribution in [0.15, 0.2) is 109 Å². The normalized spacial score (nSPS) is 11.3. The Morgan fingerprint density at radius 3 is 1.92 bits per heavy atom. The molecule has 6 heteroatoms. The average Bonchev–Trinajstić information content (AvgIpc) is 2.98. The van der Waals surface area contributed by atoms with Gasteiger partial charge in [-0.1, -0.05) is 97.1 Å². The SMILES string of the molecule is COc1ccc(CCNC(=O)C(c2ccccc2)N(Cc2ccccc2)C(=O)Cc2ccccc2)cc1OC. The van der Waals surface area contributed by atoms with Gasteiger partial charge in [-0.2, -0.15) is 0 Å². The van der Waals surface area contributed by atoms with Crippen LogP contribution in [0.2, 0.25) is 0 Å². The number of benzene rings is 4. The molecule has 0 spiro atoms. The molecule has 0 bridgehead atoms. The van der Waals surface area contributed by atoms with Crippen LogP contribution in [0.5, 0.6) is 11.5 Å². The van der Waals surface area contributed by atoms with Gasteiger partial charge in [-0.15, -0.1) is 0 Å². The molecule has 4 rings (SSSR count). The molecule has 0 fully saturated rings. The Balaban J connectivity index is 1.58. The minimum atomic E-state index is -0.784. The molecule has 0 aliphatic carbocycles. The molecule has 4 aromatic carbocycles. The average molecular weight is 523 g/mol. The second kappa shape index (κ2) is 13.8. The van der Waals surface area contributed by atoms with Crippen molar-refractivity contribution in [2.24, 2.45) is 0 Å². The standard InChI is InChI=1S/C33H34N2O4/c1-38-29-19-18-26(22-30(29)39-2)20-21-34-33(37)32(28-16-10-5-11-17-28)35(24-27-14-8-4-9-15-27)31(36)23-25-12-6-3-7-13-25/h3-19,22,32H,20-21,23-24H2,1-2H3,(H,34,37). The minimum Gasteiger partial charge on any atom is -0.493 e. The number of carbonyl (C=O) groups excluding carboxylic acids is 2. The summed E-state index contributed by atoms with van der Waals surface area (Å²) in [6.45, 7) is 0.721. The van der Waals surface area contributed by atoms with Gasteiger partial charge in [-0.25, -0.2) is 0 Å². The highest BCUT2D eigenvalue weighted by Crippen LogP contribution is 2.28. The zero-order valence-corrected chi connectivity index (χ0v) is 22.4. The molecule has 1 N–H and O–H groups in total. The van der Waals surface area contributed by atoms with Gasteiger partial charge in [0.25, 0.3) is 0 Å². The molecule has 2 amide bonds. The van der Waals surface area contributed by atoms with E-state index in [0.717, 1.165) is 22.3 Å². The van der Waals surface area contributed by atoms with Gasteiger partial charge in [-0.05, 0) is 40.8 Å². The highest BCUT2D eigenvalue weighted by Gasteiger charge is 2.31. The number of methoxy groups -OCH3 is 2. The number of nitrogens with zero attached hydrogens (tertiary/aromatic N) is 1. The number of carbonyl (C=O) groups is 2. The zero-order valence-electron chi connectivity index (χ0n) is 22.4.